The van der Waals surface area contributed by atoms with E-state index < -0.39 is 0 Å². The second-order valence-electron chi connectivity index (χ2n) is 6.43. The number of carbonyl (C=O) groups excluding carboxylic acids is 1. The highest BCUT2D eigenvalue weighted by molar-refractivity contribution is 6.05. The van der Waals surface area contributed by atoms with Crippen LogP contribution in [0.25, 0.3) is 0 Å². The maximum absolute atomic E-state index is 12.7. The maximum Gasteiger partial charge on any atom is 0.257 e. The minimum Gasteiger partial charge on any atom is -0.340 e. The van der Waals surface area contributed by atoms with Gasteiger partial charge in [-0.15, -0.1) is 0 Å². The van der Waals surface area contributed by atoms with Crippen LogP contribution in [0.15, 0.2) is 67.0 Å². The number of carbonyl (C=O) groups is 1. The van der Waals surface area contributed by atoms with Crippen molar-refractivity contribution >= 4 is 23.0 Å². The Bertz CT molecular complexity index is 1040. The van der Waals surface area contributed by atoms with Gasteiger partial charge in [-0.1, -0.05) is 30.3 Å². The van der Waals surface area contributed by atoms with E-state index in [1.165, 1.54) is 5.56 Å². The van der Waals surface area contributed by atoms with E-state index in [1.54, 1.807) is 36.7 Å². The third kappa shape index (κ3) is 3.38. The lowest BCUT2D eigenvalue weighted by Gasteiger charge is -2.31. The number of fused-ring (bicyclic) bond motifs is 1. The molecule has 132 valence electrons. The number of anilines is 3. The van der Waals surface area contributed by atoms with Gasteiger partial charge in [0.25, 0.3) is 5.91 Å². The number of pyridine rings is 1. The number of para-hydroxylation sites is 2. The molecule has 0 unspecified atom stereocenters. The van der Waals surface area contributed by atoms with Gasteiger partial charge >= 0.3 is 0 Å². The van der Waals surface area contributed by atoms with Gasteiger partial charge in [0.15, 0.2) is 0 Å². The maximum atomic E-state index is 12.7. The predicted molar refractivity (Wildman–Crippen MR) is 105 cm³/mol. The molecule has 1 aromatic heterocycles. The fraction of sp³-hybridized carbons (Fsp3) is 0.136. The van der Waals surface area contributed by atoms with Crippen LogP contribution in [0.1, 0.15) is 27.9 Å². The van der Waals surface area contributed by atoms with Crippen LogP contribution in [-0.2, 0) is 6.42 Å². The average Bonchev–Trinajstić information content (AvgIpc) is 2.74. The Hall–Kier alpha value is -3.65. The van der Waals surface area contributed by atoms with Crippen molar-refractivity contribution in [3.05, 3.63) is 83.7 Å². The van der Waals surface area contributed by atoms with Gasteiger partial charge in [-0.25, -0.2) is 0 Å². The highest BCUT2D eigenvalue weighted by Crippen LogP contribution is 2.33. The van der Waals surface area contributed by atoms with Crippen molar-refractivity contribution in [2.24, 2.45) is 0 Å². The second-order valence-corrected chi connectivity index (χ2v) is 6.43. The number of aromatic nitrogens is 1. The van der Waals surface area contributed by atoms with Crippen molar-refractivity contribution < 1.29 is 4.79 Å². The summed E-state index contributed by atoms with van der Waals surface area (Å²) in [5.41, 5.74) is 4.75. The number of rotatable bonds is 3. The molecule has 0 spiro atoms. The van der Waals surface area contributed by atoms with Crippen molar-refractivity contribution in [1.82, 2.24) is 4.98 Å². The Kier molecular flexibility index (Phi) is 4.54. The van der Waals surface area contributed by atoms with Crippen LogP contribution in [-0.4, -0.2) is 17.4 Å². The molecule has 0 radical (unpaired) electrons. The molecular formula is C22H18N4O. The van der Waals surface area contributed by atoms with Crippen molar-refractivity contribution in [3.8, 4) is 6.07 Å². The summed E-state index contributed by atoms with van der Waals surface area (Å²) in [4.78, 5) is 19.2. The molecule has 2 heterocycles. The molecule has 0 fully saturated rings. The summed E-state index contributed by atoms with van der Waals surface area (Å²) in [5.74, 6) is -0.280. The Morgan fingerprint density at radius 2 is 1.93 bits per heavy atom. The largest absolute Gasteiger partial charge is 0.340 e. The fourth-order valence-corrected chi connectivity index (χ4v) is 3.39. The van der Waals surface area contributed by atoms with Crippen LogP contribution in [0, 0.1) is 11.3 Å². The molecule has 5 nitrogen and oxygen atoms in total. The summed E-state index contributed by atoms with van der Waals surface area (Å²) in [6.07, 6.45) is 5.44. The van der Waals surface area contributed by atoms with E-state index in [4.69, 9.17) is 0 Å². The van der Waals surface area contributed by atoms with Crippen LogP contribution >= 0.6 is 0 Å². The first-order chi connectivity index (χ1) is 13.3. The van der Waals surface area contributed by atoms with Gasteiger partial charge in [0.2, 0.25) is 0 Å². The molecule has 0 aliphatic carbocycles. The van der Waals surface area contributed by atoms with Crippen molar-refractivity contribution in [2.75, 3.05) is 16.8 Å². The van der Waals surface area contributed by atoms with Crippen LogP contribution in [0.5, 0.6) is 0 Å². The molecular weight excluding hydrogens is 336 g/mol. The number of hydrogen-bond donors (Lipinski definition) is 1. The molecule has 27 heavy (non-hydrogen) atoms. The zero-order valence-corrected chi connectivity index (χ0v) is 14.7. The Morgan fingerprint density at radius 3 is 2.81 bits per heavy atom. The van der Waals surface area contributed by atoms with E-state index in [1.807, 2.05) is 12.1 Å². The number of aryl methyl sites for hydroxylation is 1. The minimum atomic E-state index is -0.280. The quantitative estimate of drug-likeness (QED) is 0.762. The highest BCUT2D eigenvalue weighted by atomic mass is 16.1. The number of nitriles is 1. The first-order valence-corrected chi connectivity index (χ1v) is 8.87. The summed E-state index contributed by atoms with van der Waals surface area (Å²) in [5, 5.41) is 12.0. The van der Waals surface area contributed by atoms with E-state index in [0.29, 0.717) is 16.8 Å². The monoisotopic (exact) mass is 354 g/mol. The molecule has 0 atom stereocenters. The topological polar surface area (TPSA) is 69.0 Å². The third-order valence-corrected chi connectivity index (χ3v) is 4.70. The number of benzene rings is 2. The minimum absolute atomic E-state index is 0.280. The number of amides is 1. The van der Waals surface area contributed by atoms with Gasteiger partial charge in [0, 0.05) is 18.4 Å². The van der Waals surface area contributed by atoms with Crippen LogP contribution < -0.4 is 10.2 Å². The average molecular weight is 354 g/mol. The van der Waals surface area contributed by atoms with Crippen molar-refractivity contribution in [1.29, 1.82) is 5.26 Å². The predicted octanol–water partition coefficient (Wildman–Crippen LogP) is 4.29. The number of hydrogen-bond acceptors (Lipinski definition) is 4. The molecule has 1 N–H and O–H groups in total. The van der Waals surface area contributed by atoms with Gasteiger partial charge in [0.1, 0.15) is 6.07 Å². The third-order valence-electron chi connectivity index (χ3n) is 4.70. The van der Waals surface area contributed by atoms with Gasteiger partial charge in [-0.3, -0.25) is 9.78 Å². The summed E-state index contributed by atoms with van der Waals surface area (Å²) >= 11 is 0. The molecule has 3 aromatic rings. The summed E-state index contributed by atoms with van der Waals surface area (Å²) in [6, 6.07) is 19.2. The molecule has 0 saturated heterocycles. The summed E-state index contributed by atoms with van der Waals surface area (Å²) < 4.78 is 0. The van der Waals surface area contributed by atoms with E-state index >= 15 is 0 Å². The Labute approximate surface area is 157 Å². The zero-order valence-electron chi connectivity index (χ0n) is 14.7. The Morgan fingerprint density at radius 1 is 1.11 bits per heavy atom. The normalized spacial score (nSPS) is 12.8. The lowest BCUT2D eigenvalue weighted by atomic mass is 10.0. The zero-order chi connectivity index (χ0) is 18.6. The first kappa shape index (κ1) is 16.8. The van der Waals surface area contributed by atoms with Gasteiger partial charge in [-0.05, 0) is 42.7 Å². The van der Waals surface area contributed by atoms with Crippen molar-refractivity contribution in [3.63, 3.8) is 0 Å². The van der Waals surface area contributed by atoms with Crippen LogP contribution in [0.4, 0.5) is 17.1 Å². The first-order valence-electron chi connectivity index (χ1n) is 8.87. The van der Waals surface area contributed by atoms with Crippen LogP contribution in [0.3, 0.4) is 0 Å². The van der Waals surface area contributed by atoms with Crippen LogP contribution in [0.2, 0.25) is 0 Å². The molecule has 5 heteroatoms. The lowest BCUT2D eigenvalue weighted by Crippen LogP contribution is -2.25. The van der Waals surface area contributed by atoms with Gasteiger partial charge in [0.05, 0.1) is 28.7 Å². The van der Waals surface area contributed by atoms with E-state index in [9.17, 15) is 10.1 Å². The van der Waals surface area contributed by atoms with E-state index in [2.05, 4.69) is 39.5 Å². The Balaban J connectivity index is 1.62. The number of nitrogens with one attached hydrogen (secondary N) is 1. The molecule has 1 aliphatic rings. The number of nitrogens with zero attached hydrogens (tertiary/aromatic N) is 3. The molecule has 0 bridgehead atoms. The van der Waals surface area contributed by atoms with E-state index in [-0.39, 0.29) is 5.91 Å². The summed E-state index contributed by atoms with van der Waals surface area (Å²) in [6.45, 7) is 0.890. The van der Waals surface area contributed by atoms with E-state index in [0.717, 1.165) is 30.8 Å². The standard InChI is InChI=1S/C22H18N4O/c23-13-17-7-1-3-9-20(17)25-22(27)18-12-19(15-24-14-18)26-11-5-8-16-6-2-4-10-21(16)26/h1-4,6-7,9-10,12,14-15H,5,8,11H2,(H,25,27). The van der Waals surface area contributed by atoms with Gasteiger partial charge in [-0.2, -0.15) is 5.26 Å². The molecule has 0 saturated carbocycles. The summed E-state index contributed by atoms with van der Waals surface area (Å²) in [7, 11) is 0. The fourth-order valence-electron chi connectivity index (χ4n) is 3.39. The second kappa shape index (κ2) is 7.30. The molecule has 2 aromatic carbocycles. The SMILES string of the molecule is N#Cc1ccccc1NC(=O)c1cncc(N2CCCc3ccccc32)c1. The highest BCUT2D eigenvalue weighted by Gasteiger charge is 2.19. The lowest BCUT2D eigenvalue weighted by molar-refractivity contribution is 0.102. The smallest absolute Gasteiger partial charge is 0.257 e. The molecule has 1 aliphatic heterocycles. The molecule has 4 rings (SSSR count). The van der Waals surface area contributed by atoms with Crippen molar-refractivity contribution in [2.45, 2.75) is 12.8 Å². The van der Waals surface area contributed by atoms with Gasteiger partial charge < -0.3 is 10.2 Å². The molecule has 1 amide bonds.